The SMILES string of the molecule is N#CC1=C(N)C(C#N)(C#N)[C@@H](c2ccc(F)c(F)c2)[C@@H]2CCCC=C12. The third-order valence-electron chi connectivity index (χ3n) is 5.10. The molecule has 4 nitrogen and oxygen atoms in total. The maximum atomic E-state index is 13.8. The minimum Gasteiger partial charge on any atom is -0.399 e. The molecule has 0 fully saturated rings. The maximum absolute atomic E-state index is 13.8. The third-order valence-corrected chi connectivity index (χ3v) is 5.10. The molecule has 0 heterocycles. The summed E-state index contributed by atoms with van der Waals surface area (Å²) >= 11 is 0. The van der Waals surface area contributed by atoms with Crippen LogP contribution < -0.4 is 5.73 Å². The summed E-state index contributed by atoms with van der Waals surface area (Å²) in [5.41, 5.74) is 5.38. The Bertz CT molecular complexity index is 910. The molecule has 3 rings (SSSR count). The van der Waals surface area contributed by atoms with E-state index >= 15 is 0 Å². The number of nitriles is 3. The fourth-order valence-electron chi connectivity index (χ4n) is 3.96. The highest BCUT2D eigenvalue weighted by Crippen LogP contribution is 2.55. The van der Waals surface area contributed by atoms with Gasteiger partial charge in [0.15, 0.2) is 17.0 Å². The van der Waals surface area contributed by atoms with Gasteiger partial charge in [-0.1, -0.05) is 12.1 Å². The van der Waals surface area contributed by atoms with Gasteiger partial charge < -0.3 is 5.73 Å². The van der Waals surface area contributed by atoms with Crippen LogP contribution in [0.5, 0.6) is 0 Å². The van der Waals surface area contributed by atoms with Crippen molar-refractivity contribution in [3.63, 3.8) is 0 Å². The van der Waals surface area contributed by atoms with E-state index in [0.717, 1.165) is 25.0 Å². The van der Waals surface area contributed by atoms with Gasteiger partial charge in [-0.05, 0) is 48.4 Å². The minimum atomic E-state index is -1.80. The van der Waals surface area contributed by atoms with Gasteiger partial charge in [0.05, 0.1) is 23.4 Å². The molecule has 1 aromatic rings. The van der Waals surface area contributed by atoms with E-state index in [9.17, 15) is 24.6 Å². The highest BCUT2D eigenvalue weighted by atomic mass is 19.2. The first kappa shape index (κ1) is 16.7. The lowest BCUT2D eigenvalue weighted by Crippen LogP contribution is -2.42. The van der Waals surface area contributed by atoms with Crippen LogP contribution in [0.15, 0.2) is 41.1 Å². The lowest BCUT2D eigenvalue weighted by molar-refractivity contribution is 0.316. The summed E-state index contributed by atoms with van der Waals surface area (Å²) < 4.78 is 27.2. The Kier molecular flexibility index (Phi) is 4.03. The Balaban J connectivity index is 2.33. The topological polar surface area (TPSA) is 97.4 Å². The molecular weight excluding hydrogens is 322 g/mol. The summed E-state index contributed by atoms with van der Waals surface area (Å²) in [5, 5.41) is 29.1. The number of hydrogen-bond acceptors (Lipinski definition) is 4. The summed E-state index contributed by atoms with van der Waals surface area (Å²) in [5.74, 6) is -3.13. The van der Waals surface area contributed by atoms with Crippen LogP contribution in [0.3, 0.4) is 0 Å². The van der Waals surface area contributed by atoms with Crippen molar-refractivity contribution in [3.8, 4) is 18.2 Å². The lowest BCUT2D eigenvalue weighted by Gasteiger charge is -2.43. The highest BCUT2D eigenvalue weighted by molar-refractivity contribution is 5.59. The Morgan fingerprint density at radius 3 is 2.44 bits per heavy atom. The van der Waals surface area contributed by atoms with Crippen LogP contribution in [0.4, 0.5) is 8.78 Å². The van der Waals surface area contributed by atoms with Crippen LogP contribution in [0.2, 0.25) is 0 Å². The van der Waals surface area contributed by atoms with E-state index in [4.69, 9.17) is 5.73 Å². The second-order valence-electron chi connectivity index (χ2n) is 6.28. The average molecular weight is 336 g/mol. The highest BCUT2D eigenvalue weighted by Gasteiger charge is 2.53. The van der Waals surface area contributed by atoms with Gasteiger partial charge in [0.25, 0.3) is 0 Å². The average Bonchev–Trinajstić information content (AvgIpc) is 2.63. The largest absolute Gasteiger partial charge is 0.399 e. The molecule has 124 valence electrons. The first-order chi connectivity index (χ1) is 12.0. The number of fused-ring (bicyclic) bond motifs is 1. The number of nitrogens with zero attached hydrogens (tertiary/aromatic N) is 3. The first-order valence-electron chi connectivity index (χ1n) is 7.88. The molecule has 0 bridgehead atoms. The summed E-state index contributed by atoms with van der Waals surface area (Å²) in [6.07, 6.45) is 4.12. The predicted octanol–water partition coefficient (Wildman–Crippen LogP) is 3.56. The quantitative estimate of drug-likeness (QED) is 0.848. The fraction of sp³-hybridized carbons (Fsp3) is 0.316. The molecule has 25 heavy (non-hydrogen) atoms. The summed E-state index contributed by atoms with van der Waals surface area (Å²) in [6.45, 7) is 0. The molecule has 1 aromatic carbocycles. The molecule has 0 unspecified atom stereocenters. The Morgan fingerprint density at radius 1 is 1.12 bits per heavy atom. The lowest BCUT2D eigenvalue weighted by atomic mass is 9.57. The summed E-state index contributed by atoms with van der Waals surface area (Å²) in [7, 11) is 0. The standard InChI is InChI=1S/C19H14F2N4/c20-15-6-5-11(7-16(15)21)17-13-4-2-1-3-12(13)14(8-22)18(25)19(17,9-23)10-24/h3,5-7,13,17H,1-2,4,25H2/t13-,17+/m1/s1. The van der Waals surface area contributed by atoms with Gasteiger partial charge in [-0.2, -0.15) is 15.8 Å². The molecule has 0 amide bonds. The van der Waals surface area contributed by atoms with Crippen LogP contribution in [-0.4, -0.2) is 0 Å². The van der Waals surface area contributed by atoms with E-state index in [1.807, 2.05) is 24.3 Å². The van der Waals surface area contributed by atoms with E-state index in [2.05, 4.69) is 0 Å². The predicted molar refractivity (Wildman–Crippen MR) is 85.0 cm³/mol. The third kappa shape index (κ3) is 2.29. The van der Waals surface area contributed by atoms with E-state index in [1.165, 1.54) is 6.07 Å². The molecule has 2 aliphatic rings. The Morgan fingerprint density at radius 2 is 1.84 bits per heavy atom. The van der Waals surface area contributed by atoms with E-state index in [1.54, 1.807) is 0 Å². The normalized spacial score (nSPS) is 24.4. The zero-order chi connectivity index (χ0) is 18.2. The molecule has 2 N–H and O–H groups in total. The number of benzene rings is 1. The molecule has 0 saturated carbocycles. The van der Waals surface area contributed by atoms with E-state index in [-0.39, 0.29) is 17.2 Å². The number of nitrogens with two attached hydrogens (primary N) is 1. The molecule has 0 radical (unpaired) electrons. The van der Waals surface area contributed by atoms with Gasteiger partial charge in [-0.25, -0.2) is 8.78 Å². The molecule has 0 aromatic heterocycles. The molecule has 0 aliphatic heterocycles. The van der Waals surface area contributed by atoms with Gasteiger partial charge in [-0.15, -0.1) is 0 Å². The van der Waals surface area contributed by atoms with Crippen LogP contribution in [0.1, 0.15) is 30.7 Å². The van der Waals surface area contributed by atoms with Crippen LogP contribution in [0.25, 0.3) is 0 Å². The van der Waals surface area contributed by atoms with Crippen molar-refractivity contribution in [1.82, 2.24) is 0 Å². The molecule has 0 spiro atoms. The van der Waals surface area contributed by atoms with E-state index < -0.39 is 23.0 Å². The Hall–Kier alpha value is -3.17. The van der Waals surface area contributed by atoms with Crippen molar-refractivity contribution in [2.75, 3.05) is 0 Å². The van der Waals surface area contributed by atoms with Crippen LogP contribution >= 0.6 is 0 Å². The van der Waals surface area contributed by atoms with Crippen molar-refractivity contribution in [2.24, 2.45) is 17.1 Å². The molecule has 2 aliphatic carbocycles. The fourth-order valence-corrected chi connectivity index (χ4v) is 3.96. The molecule has 2 atom stereocenters. The van der Waals surface area contributed by atoms with Gasteiger partial charge in [0.1, 0.15) is 6.07 Å². The number of hydrogen-bond donors (Lipinski definition) is 1. The van der Waals surface area contributed by atoms with Gasteiger partial charge in [0.2, 0.25) is 0 Å². The first-order valence-corrected chi connectivity index (χ1v) is 7.88. The summed E-state index contributed by atoms with van der Waals surface area (Å²) in [4.78, 5) is 0. The second-order valence-corrected chi connectivity index (χ2v) is 6.28. The van der Waals surface area contributed by atoms with E-state index in [0.29, 0.717) is 17.6 Å². The van der Waals surface area contributed by atoms with Crippen molar-refractivity contribution >= 4 is 0 Å². The number of halogens is 2. The van der Waals surface area contributed by atoms with Crippen molar-refractivity contribution in [2.45, 2.75) is 25.2 Å². The smallest absolute Gasteiger partial charge is 0.191 e. The second kappa shape index (κ2) is 6.04. The molecule has 6 heteroatoms. The van der Waals surface area contributed by atoms with Crippen LogP contribution in [0, 0.1) is 57.0 Å². The van der Waals surface area contributed by atoms with Crippen molar-refractivity contribution < 1.29 is 8.78 Å². The molecular formula is C19H14F2N4. The minimum absolute atomic E-state index is 0.112. The Labute approximate surface area is 144 Å². The molecule has 0 saturated heterocycles. The summed E-state index contributed by atoms with van der Waals surface area (Å²) in [6, 6.07) is 9.31. The van der Waals surface area contributed by atoms with Crippen molar-refractivity contribution in [3.05, 3.63) is 58.3 Å². The number of rotatable bonds is 1. The number of allylic oxidation sites excluding steroid dienone is 4. The van der Waals surface area contributed by atoms with Gasteiger partial charge in [0, 0.05) is 5.92 Å². The van der Waals surface area contributed by atoms with Crippen LogP contribution in [-0.2, 0) is 0 Å². The van der Waals surface area contributed by atoms with Crippen molar-refractivity contribution in [1.29, 1.82) is 15.8 Å². The monoisotopic (exact) mass is 336 g/mol. The van der Waals surface area contributed by atoms with Gasteiger partial charge in [-0.3, -0.25) is 0 Å². The van der Waals surface area contributed by atoms with Gasteiger partial charge >= 0.3 is 0 Å². The zero-order valence-electron chi connectivity index (χ0n) is 13.3. The maximum Gasteiger partial charge on any atom is 0.191 e. The zero-order valence-corrected chi connectivity index (χ0v) is 13.3.